The molecule has 0 bridgehead atoms. The number of rotatable bonds is 15. The average molecular weight is 804 g/mol. The van der Waals surface area contributed by atoms with Crippen LogP contribution >= 0.6 is 31.9 Å². The quantitative estimate of drug-likeness (QED) is 0.0669. The molecule has 49 heavy (non-hydrogen) atoms. The molecule has 1 aliphatic rings. The molecule has 4 N–H and O–H groups in total. The third-order valence-electron chi connectivity index (χ3n) is 6.98. The van der Waals surface area contributed by atoms with E-state index in [4.69, 9.17) is 23.7 Å². The Morgan fingerprint density at radius 3 is 2.35 bits per heavy atom. The Bertz CT molecular complexity index is 1710. The number of carbonyl (C=O) groups excluding carboxylic acids is 3. The number of urea groups is 1. The number of carbonyl (C=O) groups is 3. The van der Waals surface area contributed by atoms with Crippen LogP contribution in [0.4, 0.5) is 4.79 Å². The Morgan fingerprint density at radius 2 is 1.69 bits per heavy atom. The summed E-state index contributed by atoms with van der Waals surface area (Å²) in [6.07, 6.45) is 0.356. The molecule has 3 aromatic carbocycles. The minimum atomic E-state index is -1.17. The lowest BCUT2D eigenvalue weighted by atomic mass is 9.95. The number of hydrogen-bond acceptors (Lipinski definition) is 11. The number of allylic oxidation sites excluding steroid dienone is 1. The van der Waals surface area contributed by atoms with Gasteiger partial charge in [-0.25, -0.2) is 14.4 Å². The van der Waals surface area contributed by atoms with Crippen molar-refractivity contribution in [3.8, 4) is 17.2 Å². The zero-order valence-electron chi connectivity index (χ0n) is 27.2. The van der Waals surface area contributed by atoms with Crippen molar-refractivity contribution < 1.29 is 43.2 Å². The maximum atomic E-state index is 12.5. The molecule has 3 aromatic rings. The highest BCUT2D eigenvalue weighted by Gasteiger charge is 2.32. The van der Waals surface area contributed by atoms with E-state index in [1.165, 1.54) is 13.3 Å². The highest BCUT2D eigenvalue weighted by atomic mass is 79.9. The molecule has 0 radical (unpaired) electrons. The summed E-state index contributed by atoms with van der Waals surface area (Å²) in [4.78, 5) is 36.5. The number of aliphatic hydroxyl groups is 1. The lowest BCUT2D eigenvalue weighted by molar-refractivity contribution is -0.136. The third kappa shape index (κ3) is 9.96. The standard InChI is InChI=1S/C34H36Br2N4O9/c1-5-46-27-15-23(30-29(33(43)45-4)19(3)38-34(44)39-30)11-12-26(27)48-18-28(41)40-37-16-21-13-24(35)31(25(36)14-21)49-17-20-7-9-22(10-8-20)32(42)47-6-2/h7-16,28,30,40-41H,5-6,17-18H2,1-4H3,(H2,38,39,44)/b37-16+/t28-,30+/m1/s1. The van der Waals surface area contributed by atoms with Crippen LogP contribution < -0.4 is 30.3 Å². The van der Waals surface area contributed by atoms with Crippen molar-refractivity contribution in [2.75, 3.05) is 26.9 Å². The van der Waals surface area contributed by atoms with Gasteiger partial charge in [-0.2, -0.15) is 5.10 Å². The highest BCUT2D eigenvalue weighted by Crippen LogP contribution is 2.36. The Morgan fingerprint density at radius 1 is 0.980 bits per heavy atom. The zero-order valence-corrected chi connectivity index (χ0v) is 30.3. The second-order valence-electron chi connectivity index (χ2n) is 10.4. The largest absolute Gasteiger partial charge is 0.490 e. The molecule has 1 heterocycles. The summed E-state index contributed by atoms with van der Waals surface area (Å²) >= 11 is 7.06. The molecule has 0 spiro atoms. The van der Waals surface area contributed by atoms with Gasteiger partial charge >= 0.3 is 18.0 Å². The first-order valence-corrected chi connectivity index (χ1v) is 16.7. The number of nitrogens with zero attached hydrogens (tertiary/aromatic N) is 1. The van der Waals surface area contributed by atoms with Gasteiger partial charge < -0.3 is 39.4 Å². The molecule has 4 rings (SSSR count). The fraction of sp³-hybridized carbons (Fsp3) is 0.294. The number of halogens is 2. The lowest BCUT2D eigenvalue weighted by Gasteiger charge is -2.28. The van der Waals surface area contributed by atoms with E-state index in [0.717, 1.165) is 5.56 Å². The second-order valence-corrected chi connectivity index (χ2v) is 12.1. The molecular formula is C34H36Br2N4O9. The van der Waals surface area contributed by atoms with Gasteiger partial charge in [-0.3, -0.25) is 5.43 Å². The molecule has 15 heteroatoms. The summed E-state index contributed by atoms with van der Waals surface area (Å²) in [6.45, 7) is 5.92. The predicted molar refractivity (Wildman–Crippen MR) is 188 cm³/mol. The molecule has 0 aliphatic carbocycles. The van der Waals surface area contributed by atoms with Crippen molar-refractivity contribution >= 4 is 56.0 Å². The van der Waals surface area contributed by atoms with Crippen LogP contribution in [0.2, 0.25) is 0 Å². The van der Waals surface area contributed by atoms with Gasteiger partial charge in [0.05, 0.1) is 52.7 Å². The second kappa shape index (κ2) is 17.7. The van der Waals surface area contributed by atoms with E-state index in [1.54, 1.807) is 75.4 Å². The summed E-state index contributed by atoms with van der Waals surface area (Å²) in [5.41, 5.74) is 5.90. The molecule has 2 atom stereocenters. The Balaban J connectivity index is 1.34. The smallest absolute Gasteiger partial charge is 0.338 e. The summed E-state index contributed by atoms with van der Waals surface area (Å²) < 4.78 is 28.8. The Labute approximate surface area is 300 Å². The van der Waals surface area contributed by atoms with E-state index >= 15 is 0 Å². The average Bonchev–Trinajstić information content (AvgIpc) is 3.07. The molecule has 0 fully saturated rings. The zero-order chi connectivity index (χ0) is 35.5. The third-order valence-corrected chi connectivity index (χ3v) is 8.16. The first-order chi connectivity index (χ1) is 23.5. The van der Waals surface area contributed by atoms with Gasteiger partial charge in [-0.1, -0.05) is 18.2 Å². The van der Waals surface area contributed by atoms with Crippen molar-refractivity contribution in [3.63, 3.8) is 0 Å². The monoisotopic (exact) mass is 802 g/mol. The van der Waals surface area contributed by atoms with Crippen molar-refractivity contribution in [2.24, 2.45) is 5.10 Å². The van der Waals surface area contributed by atoms with Gasteiger partial charge in [-0.15, -0.1) is 0 Å². The molecule has 260 valence electrons. The summed E-state index contributed by atoms with van der Waals surface area (Å²) in [5, 5.41) is 19.9. The fourth-order valence-electron chi connectivity index (χ4n) is 4.72. The molecular weight excluding hydrogens is 768 g/mol. The number of amides is 2. The number of nitrogens with one attached hydrogen (secondary N) is 3. The first kappa shape index (κ1) is 37.2. The van der Waals surface area contributed by atoms with Crippen LogP contribution in [0.1, 0.15) is 53.9 Å². The number of esters is 2. The Kier molecular flexibility index (Phi) is 13.4. The van der Waals surface area contributed by atoms with E-state index in [0.29, 0.717) is 61.8 Å². The molecule has 0 saturated heterocycles. The van der Waals surface area contributed by atoms with Crippen LogP contribution in [0.25, 0.3) is 0 Å². The summed E-state index contributed by atoms with van der Waals surface area (Å²) in [5.74, 6) is 0.331. The van der Waals surface area contributed by atoms with Crippen LogP contribution in [0.15, 0.2) is 79.9 Å². The van der Waals surface area contributed by atoms with Gasteiger partial charge in [0.15, 0.2) is 17.7 Å². The Hall–Kier alpha value is -4.60. The van der Waals surface area contributed by atoms with Crippen molar-refractivity contribution in [1.82, 2.24) is 16.1 Å². The lowest BCUT2D eigenvalue weighted by Crippen LogP contribution is -2.45. The number of hydrogen-bond donors (Lipinski definition) is 4. The van der Waals surface area contributed by atoms with E-state index in [2.05, 4.69) is 53.0 Å². The number of hydrazone groups is 1. The van der Waals surface area contributed by atoms with Gasteiger partial charge in [0.25, 0.3) is 0 Å². The number of aliphatic hydroxyl groups excluding tert-OH is 1. The van der Waals surface area contributed by atoms with E-state index in [-0.39, 0.29) is 24.8 Å². The molecule has 0 saturated carbocycles. The van der Waals surface area contributed by atoms with Crippen molar-refractivity contribution in [2.45, 2.75) is 39.6 Å². The minimum Gasteiger partial charge on any atom is -0.490 e. The maximum absolute atomic E-state index is 12.5. The number of ether oxygens (including phenoxy) is 5. The maximum Gasteiger partial charge on any atom is 0.338 e. The molecule has 0 aromatic heterocycles. The highest BCUT2D eigenvalue weighted by molar-refractivity contribution is 9.11. The van der Waals surface area contributed by atoms with E-state index in [1.807, 2.05) is 0 Å². The molecule has 13 nitrogen and oxygen atoms in total. The van der Waals surface area contributed by atoms with Crippen LogP contribution in [0.5, 0.6) is 17.2 Å². The number of benzene rings is 3. The summed E-state index contributed by atoms with van der Waals surface area (Å²) in [6, 6.07) is 14.4. The van der Waals surface area contributed by atoms with Crippen LogP contribution in [0.3, 0.4) is 0 Å². The fourth-order valence-corrected chi connectivity index (χ4v) is 6.17. The van der Waals surface area contributed by atoms with Crippen LogP contribution in [0, 0.1) is 0 Å². The topological polar surface area (TPSA) is 166 Å². The predicted octanol–water partition coefficient (Wildman–Crippen LogP) is 5.49. The van der Waals surface area contributed by atoms with Crippen molar-refractivity contribution in [1.29, 1.82) is 0 Å². The van der Waals surface area contributed by atoms with E-state index < -0.39 is 24.3 Å². The van der Waals surface area contributed by atoms with Gasteiger partial charge in [0.1, 0.15) is 19.0 Å². The van der Waals surface area contributed by atoms with Crippen molar-refractivity contribution in [3.05, 3.63) is 97.1 Å². The SMILES string of the molecule is CCOC(=O)c1ccc(COc2c(Br)cc(/C=N/N[C@H](O)COc3ccc([C@@H]4NC(=O)NC(C)=C4C(=O)OC)cc3OCC)cc2Br)cc1. The van der Waals surface area contributed by atoms with Crippen LogP contribution in [-0.2, 0) is 20.9 Å². The molecule has 2 amide bonds. The normalized spacial score (nSPS) is 14.8. The first-order valence-electron chi connectivity index (χ1n) is 15.1. The van der Waals surface area contributed by atoms with E-state index in [9.17, 15) is 19.5 Å². The van der Waals surface area contributed by atoms with Gasteiger partial charge in [0.2, 0.25) is 0 Å². The van der Waals surface area contributed by atoms with Gasteiger partial charge in [-0.05, 0) is 106 Å². The van der Waals surface area contributed by atoms with Gasteiger partial charge in [0, 0.05) is 5.70 Å². The minimum absolute atomic E-state index is 0.172. The summed E-state index contributed by atoms with van der Waals surface area (Å²) in [7, 11) is 1.27. The van der Waals surface area contributed by atoms with Crippen LogP contribution in [-0.4, -0.2) is 62.4 Å². The number of methoxy groups -OCH3 is 1. The molecule has 1 aliphatic heterocycles. The molecule has 0 unspecified atom stereocenters.